The van der Waals surface area contributed by atoms with Gasteiger partial charge in [-0.15, -0.1) is 10.2 Å². The van der Waals surface area contributed by atoms with Gasteiger partial charge in [0.25, 0.3) is 0 Å². The van der Waals surface area contributed by atoms with Crippen LogP contribution in [0, 0.1) is 6.92 Å². The molecule has 0 radical (unpaired) electrons. The number of nitrogens with zero attached hydrogens (tertiary/aromatic N) is 3. The maximum Gasteiger partial charge on any atom is 0.240 e. The average molecular weight is 242 g/mol. The first-order chi connectivity index (χ1) is 8.47. The van der Waals surface area contributed by atoms with Gasteiger partial charge in [-0.25, -0.2) is 4.98 Å². The van der Waals surface area contributed by atoms with Gasteiger partial charge in [-0.2, -0.15) is 0 Å². The largest absolute Gasteiger partial charge is 0.481 e. The van der Waals surface area contributed by atoms with Gasteiger partial charge < -0.3 is 10.5 Å². The van der Waals surface area contributed by atoms with Gasteiger partial charge in [0.2, 0.25) is 5.95 Å². The third kappa shape index (κ3) is 1.51. The highest BCUT2D eigenvalue weighted by Crippen LogP contribution is 2.43. The molecule has 2 heterocycles. The van der Waals surface area contributed by atoms with Crippen molar-refractivity contribution in [3.05, 3.63) is 29.5 Å². The van der Waals surface area contributed by atoms with Gasteiger partial charge in [0.15, 0.2) is 0 Å². The third-order valence-electron chi connectivity index (χ3n) is 3.03. The number of nitrogens with two attached hydrogens (primary N) is 1. The van der Waals surface area contributed by atoms with E-state index in [0.29, 0.717) is 0 Å². The van der Waals surface area contributed by atoms with Crippen LogP contribution >= 0.6 is 0 Å². The minimum atomic E-state index is -0.555. The van der Waals surface area contributed by atoms with E-state index in [4.69, 9.17) is 10.5 Å². The number of rotatable bonds is 0. The van der Waals surface area contributed by atoms with Crippen molar-refractivity contribution >= 4 is 5.95 Å². The SMILES string of the molecule is Cc1ccc2c(c1)OC(C)(C)c1nc(N)nnc1-2. The van der Waals surface area contributed by atoms with Crippen molar-refractivity contribution in [2.24, 2.45) is 0 Å². The van der Waals surface area contributed by atoms with Crippen molar-refractivity contribution in [1.29, 1.82) is 0 Å². The van der Waals surface area contributed by atoms with Crippen LogP contribution in [0.2, 0.25) is 0 Å². The molecule has 0 unspecified atom stereocenters. The van der Waals surface area contributed by atoms with Crippen LogP contribution in [0.25, 0.3) is 11.3 Å². The third-order valence-corrected chi connectivity index (χ3v) is 3.03. The van der Waals surface area contributed by atoms with Gasteiger partial charge in [0.05, 0.1) is 0 Å². The standard InChI is InChI=1S/C13H14N4O/c1-7-4-5-8-9(6-7)18-13(2,3)11-10(8)16-17-12(14)15-11/h4-6H,1-3H3,(H2,14,15,17). The Kier molecular flexibility index (Phi) is 2.08. The number of hydrogen-bond donors (Lipinski definition) is 1. The van der Waals surface area contributed by atoms with Crippen molar-refractivity contribution in [3.63, 3.8) is 0 Å². The summed E-state index contributed by atoms with van der Waals surface area (Å²) in [6.45, 7) is 5.93. The number of hydrogen-bond acceptors (Lipinski definition) is 5. The Morgan fingerprint density at radius 2 is 2.00 bits per heavy atom. The minimum Gasteiger partial charge on any atom is -0.481 e. The first kappa shape index (κ1) is 11.0. The molecule has 0 spiro atoms. The zero-order valence-electron chi connectivity index (χ0n) is 10.6. The van der Waals surface area contributed by atoms with E-state index in [1.807, 2.05) is 39.0 Å². The van der Waals surface area contributed by atoms with Crippen molar-refractivity contribution in [2.45, 2.75) is 26.4 Å². The molecule has 0 aliphatic carbocycles. The lowest BCUT2D eigenvalue weighted by Gasteiger charge is -2.32. The molecule has 5 nitrogen and oxygen atoms in total. The Morgan fingerprint density at radius 3 is 2.78 bits per heavy atom. The number of fused-ring (bicyclic) bond motifs is 3. The lowest BCUT2D eigenvalue weighted by Crippen LogP contribution is -2.32. The van der Waals surface area contributed by atoms with Crippen molar-refractivity contribution in [3.8, 4) is 17.0 Å². The van der Waals surface area contributed by atoms with Crippen LogP contribution in [0.4, 0.5) is 5.95 Å². The summed E-state index contributed by atoms with van der Waals surface area (Å²) >= 11 is 0. The van der Waals surface area contributed by atoms with Crippen LogP contribution < -0.4 is 10.5 Å². The van der Waals surface area contributed by atoms with E-state index in [-0.39, 0.29) is 5.95 Å². The normalized spacial score (nSPS) is 15.5. The van der Waals surface area contributed by atoms with Gasteiger partial charge in [0.1, 0.15) is 22.7 Å². The molecule has 0 saturated heterocycles. The predicted molar refractivity (Wildman–Crippen MR) is 68.1 cm³/mol. The van der Waals surface area contributed by atoms with Gasteiger partial charge in [-0.3, -0.25) is 0 Å². The molecule has 92 valence electrons. The molecule has 0 bridgehead atoms. The van der Waals surface area contributed by atoms with E-state index >= 15 is 0 Å². The maximum absolute atomic E-state index is 6.00. The summed E-state index contributed by atoms with van der Waals surface area (Å²) in [4.78, 5) is 4.27. The minimum absolute atomic E-state index is 0.168. The molecular weight excluding hydrogens is 228 g/mol. The van der Waals surface area contributed by atoms with Crippen LogP contribution in [0.1, 0.15) is 25.1 Å². The fraction of sp³-hybridized carbons (Fsp3) is 0.308. The number of nitrogen functional groups attached to an aromatic ring is 1. The highest BCUT2D eigenvalue weighted by Gasteiger charge is 2.35. The van der Waals surface area contributed by atoms with Crippen molar-refractivity contribution in [2.75, 3.05) is 5.73 Å². The second-order valence-corrected chi connectivity index (χ2v) is 4.98. The predicted octanol–water partition coefficient (Wildman–Crippen LogP) is 2.06. The Bertz CT molecular complexity index is 637. The molecule has 2 N–H and O–H groups in total. The number of aromatic nitrogens is 3. The lowest BCUT2D eigenvalue weighted by atomic mass is 9.94. The van der Waals surface area contributed by atoms with Crippen LogP contribution in [-0.2, 0) is 5.60 Å². The molecule has 0 amide bonds. The van der Waals surface area contributed by atoms with E-state index in [1.54, 1.807) is 0 Å². The van der Waals surface area contributed by atoms with Crippen molar-refractivity contribution < 1.29 is 4.74 Å². The molecule has 1 aromatic carbocycles. The van der Waals surface area contributed by atoms with Gasteiger partial charge in [0, 0.05) is 5.56 Å². The summed E-state index contributed by atoms with van der Waals surface area (Å²) in [6.07, 6.45) is 0. The molecule has 18 heavy (non-hydrogen) atoms. The van der Waals surface area contributed by atoms with Gasteiger partial charge >= 0.3 is 0 Å². The van der Waals surface area contributed by atoms with Crippen molar-refractivity contribution in [1.82, 2.24) is 15.2 Å². The first-order valence-electron chi connectivity index (χ1n) is 5.78. The summed E-state index contributed by atoms with van der Waals surface area (Å²) < 4.78 is 6.00. The topological polar surface area (TPSA) is 73.9 Å². The Balaban J connectivity index is 2.31. The summed E-state index contributed by atoms with van der Waals surface area (Å²) in [5.41, 5.74) is 8.58. The molecule has 0 atom stereocenters. The Hall–Kier alpha value is -2.17. The highest BCUT2D eigenvalue weighted by molar-refractivity contribution is 5.72. The fourth-order valence-corrected chi connectivity index (χ4v) is 2.17. The quantitative estimate of drug-likeness (QED) is 0.765. The van der Waals surface area contributed by atoms with Gasteiger partial charge in [-0.1, -0.05) is 6.07 Å². The maximum atomic E-state index is 6.00. The number of anilines is 1. The van der Waals surface area contributed by atoms with E-state index in [0.717, 1.165) is 28.3 Å². The number of ether oxygens (including phenoxy) is 1. The summed E-state index contributed by atoms with van der Waals surface area (Å²) in [7, 11) is 0. The Morgan fingerprint density at radius 1 is 1.22 bits per heavy atom. The summed E-state index contributed by atoms with van der Waals surface area (Å²) in [5.74, 6) is 0.981. The van der Waals surface area contributed by atoms with Crippen LogP contribution in [0.5, 0.6) is 5.75 Å². The van der Waals surface area contributed by atoms with Crippen LogP contribution in [-0.4, -0.2) is 15.2 Å². The summed E-state index contributed by atoms with van der Waals surface area (Å²) in [5, 5.41) is 8.01. The molecular formula is C13H14N4O. The second kappa shape index (κ2) is 3.41. The molecule has 1 aliphatic rings. The fourth-order valence-electron chi connectivity index (χ4n) is 2.17. The zero-order chi connectivity index (χ0) is 12.9. The molecule has 1 aliphatic heterocycles. The molecule has 0 fully saturated rings. The highest BCUT2D eigenvalue weighted by atomic mass is 16.5. The monoisotopic (exact) mass is 242 g/mol. The van der Waals surface area contributed by atoms with E-state index in [1.165, 1.54) is 0 Å². The smallest absolute Gasteiger partial charge is 0.240 e. The average Bonchev–Trinajstić information content (AvgIpc) is 2.28. The molecule has 2 aromatic rings. The first-order valence-corrected chi connectivity index (χ1v) is 5.78. The number of benzene rings is 1. The molecule has 5 heteroatoms. The van der Waals surface area contributed by atoms with E-state index in [9.17, 15) is 0 Å². The van der Waals surface area contributed by atoms with Gasteiger partial charge in [-0.05, 0) is 38.5 Å². The molecule has 1 aromatic heterocycles. The molecule has 0 saturated carbocycles. The van der Waals surface area contributed by atoms with Crippen LogP contribution in [0.15, 0.2) is 18.2 Å². The summed E-state index contributed by atoms with van der Waals surface area (Å²) in [6, 6.07) is 5.99. The molecule has 3 rings (SSSR count). The Labute approximate surface area is 105 Å². The zero-order valence-corrected chi connectivity index (χ0v) is 10.6. The number of aryl methyl sites for hydroxylation is 1. The van der Waals surface area contributed by atoms with Crippen LogP contribution in [0.3, 0.4) is 0 Å². The lowest BCUT2D eigenvalue weighted by molar-refractivity contribution is 0.0996. The van der Waals surface area contributed by atoms with E-state index in [2.05, 4.69) is 15.2 Å². The van der Waals surface area contributed by atoms with E-state index < -0.39 is 5.60 Å². The second-order valence-electron chi connectivity index (χ2n) is 4.98.